The zero-order chi connectivity index (χ0) is 14.5. The smallest absolute Gasteiger partial charge is 0.127 e. The van der Waals surface area contributed by atoms with Crippen LogP contribution in [0.4, 0.5) is 4.39 Å². The van der Waals surface area contributed by atoms with E-state index < -0.39 is 0 Å². The highest BCUT2D eigenvalue weighted by molar-refractivity contribution is 14.1. The van der Waals surface area contributed by atoms with Crippen molar-refractivity contribution in [3.8, 4) is 5.75 Å². The molecule has 2 rings (SSSR count). The van der Waals surface area contributed by atoms with Crippen molar-refractivity contribution in [3.05, 3.63) is 63.0 Å². The van der Waals surface area contributed by atoms with E-state index in [1.807, 2.05) is 38.2 Å². The van der Waals surface area contributed by atoms with E-state index in [1.165, 1.54) is 15.7 Å². The highest BCUT2D eigenvalue weighted by Crippen LogP contribution is 2.26. The maximum atomic E-state index is 13.4. The molecule has 20 heavy (non-hydrogen) atoms. The summed E-state index contributed by atoms with van der Waals surface area (Å²) in [5.41, 5.74) is 2.03. The quantitative estimate of drug-likeness (QED) is 0.776. The average Bonchev–Trinajstić information content (AvgIpc) is 2.46. The topological polar surface area (TPSA) is 21.3 Å². The van der Waals surface area contributed by atoms with Gasteiger partial charge in [-0.15, -0.1) is 0 Å². The molecule has 0 fully saturated rings. The molecule has 0 bridgehead atoms. The van der Waals surface area contributed by atoms with Crippen LogP contribution >= 0.6 is 22.6 Å². The molecular weight excluding hydrogens is 368 g/mol. The number of benzene rings is 2. The summed E-state index contributed by atoms with van der Waals surface area (Å²) in [6, 6.07) is 12.9. The highest BCUT2D eigenvalue weighted by Gasteiger charge is 2.11. The molecule has 0 spiro atoms. The molecule has 0 saturated heterocycles. The molecule has 0 aliphatic carbocycles. The van der Waals surface area contributed by atoms with Gasteiger partial charge in [-0.1, -0.05) is 18.2 Å². The Morgan fingerprint density at radius 3 is 2.55 bits per heavy atom. The Balaban J connectivity index is 2.15. The summed E-state index contributed by atoms with van der Waals surface area (Å²) in [4.78, 5) is 0. The van der Waals surface area contributed by atoms with Gasteiger partial charge in [0.05, 0.1) is 0 Å². The van der Waals surface area contributed by atoms with Crippen LogP contribution < -0.4 is 10.1 Å². The van der Waals surface area contributed by atoms with Crippen molar-refractivity contribution >= 4 is 22.6 Å². The average molecular weight is 385 g/mol. The third-order valence-corrected chi connectivity index (χ3v) is 3.90. The Hall–Kier alpha value is -1.14. The predicted molar refractivity (Wildman–Crippen MR) is 87.4 cm³/mol. The van der Waals surface area contributed by atoms with Crippen molar-refractivity contribution in [3.63, 3.8) is 0 Å². The Labute approximate surface area is 132 Å². The van der Waals surface area contributed by atoms with Crippen molar-refractivity contribution in [2.75, 3.05) is 7.05 Å². The van der Waals surface area contributed by atoms with Gasteiger partial charge in [0.15, 0.2) is 0 Å². The second-order valence-electron chi connectivity index (χ2n) is 4.61. The van der Waals surface area contributed by atoms with E-state index in [0.717, 1.165) is 11.1 Å². The van der Waals surface area contributed by atoms with Crippen LogP contribution in [-0.4, -0.2) is 7.05 Å². The monoisotopic (exact) mass is 385 g/mol. The molecule has 0 aliphatic heterocycles. The highest BCUT2D eigenvalue weighted by atomic mass is 127. The van der Waals surface area contributed by atoms with Gasteiger partial charge in [0, 0.05) is 21.2 Å². The fourth-order valence-electron chi connectivity index (χ4n) is 1.89. The molecule has 1 atom stereocenters. The Kier molecular flexibility index (Phi) is 5.37. The van der Waals surface area contributed by atoms with Crippen LogP contribution in [0.25, 0.3) is 0 Å². The van der Waals surface area contributed by atoms with Gasteiger partial charge in [-0.2, -0.15) is 0 Å². The number of hydrogen-bond acceptors (Lipinski definition) is 2. The fraction of sp³-hybridized carbons (Fsp3) is 0.250. The van der Waals surface area contributed by atoms with Gasteiger partial charge >= 0.3 is 0 Å². The number of hydrogen-bond donors (Lipinski definition) is 1. The van der Waals surface area contributed by atoms with E-state index in [0.29, 0.717) is 12.4 Å². The molecular formula is C16H17FINO. The summed E-state index contributed by atoms with van der Waals surface area (Å²) in [5.74, 6) is 0.306. The van der Waals surface area contributed by atoms with Crippen LogP contribution in [0.15, 0.2) is 42.5 Å². The van der Waals surface area contributed by atoms with E-state index in [4.69, 9.17) is 4.74 Å². The summed E-state index contributed by atoms with van der Waals surface area (Å²) in [6.07, 6.45) is 0. The molecule has 2 aromatic rings. The van der Waals surface area contributed by atoms with Gasteiger partial charge in [-0.3, -0.25) is 0 Å². The van der Waals surface area contributed by atoms with Gasteiger partial charge in [0.2, 0.25) is 0 Å². The summed E-state index contributed by atoms with van der Waals surface area (Å²) in [7, 11) is 1.87. The van der Waals surface area contributed by atoms with E-state index in [2.05, 4.69) is 27.9 Å². The SMILES string of the molecule is CNC(C)c1ccc(F)cc1OCc1ccc(I)cc1. The first kappa shape index (κ1) is 15.3. The van der Waals surface area contributed by atoms with Crippen molar-refractivity contribution < 1.29 is 9.13 Å². The molecule has 106 valence electrons. The van der Waals surface area contributed by atoms with E-state index in [9.17, 15) is 4.39 Å². The molecule has 4 heteroatoms. The van der Waals surface area contributed by atoms with Crippen LogP contribution in [0, 0.1) is 9.39 Å². The van der Waals surface area contributed by atoms with E-state index in [1.54, 1.807) is 6.07 Å². The zero-order valence-corrected chi connectivity index (χ0v) is 13.6. The Morgan fingerprint density at radius 1 is 1.20 bits per heavy atom. The molecule has 1 N–H and O–H groups in total. The second kappa shape index (κ2) is 7.04. The van der Waals surface area contributed by atoms with E-state index in [-0.39, 0.29) is 11.9 Å². The molecule has 0 aliphatic rings. The van der Waals surface area contributed by atoms with Crippen LogP contribution in [0.1, 0.15) is 24.1 Å². The Bertz CT molecular complexity index is 571. The number of ether oxygens (including phenoxy) is 1. The van der Waals surface area contributed by atoms with Crippen LogP contribution in [0.2, 0.25) is 0 Å². The lowest BCUT2D eigenvalue weighted by molar-refractivity contribution is 0.298. The molecule has 2 aromatic carbocycles. The molecule has 1 unspecified atom stereocenters. The summed E-state index contributed by atoms with van der Waals surface area (Å²) in [5, 5.41) is 3.14. The van der Waals surface area contributed by atoms with E-state index >= 15 is 0 Å². The van der Waals surface area contributed by atoms with Crippen molar-refractivity contribution in [2.24, 2.45) is 0 Å². The maximum absolute atomic E-state index is 13.4. The van der Waals surface area contributed by atoms with Gasteiger partial charge in [0.25, 0.3) is 0 Å². The maximum Gasteiger partial charge on any atom is 0.127 e. The minimum Gasteiger partial charge on any atom is -0.488 e. The van der Waals surface area contributed by atoms with Crippen molar-refractivity contribution in [2.45, 2.75) is 19.6 Å². The van der Waals surface area contributed by atoms with Crippen LogP contribution in [0.3, 0.4) is 0 Å². The van der Waals surface area contributed by atoms with Gasteiger partial charge in [-0.05, 0) is 60.3 Å². The zero-order valence-electron chi connectivity index (χ0n) is 11.5. The van der Waals surface area contributed by atoms with Crippen molar-refractivity contribution in [1.82, 2.24) is 5.32 Å². The van der Waals surface area contributed by atoms with Crippen LogP contribution in [0.5, 0.6) is 5.75 Å². The molecule has 0 radical (unpaired) electrons. The van der Waals surface area contributed by atoms with Crippen molar-refractivity contribution in [1.29, 1.82) is 0 Å². The van der Waals surface area contributed by atoms with Gasteiger partial charge in [-0.25, -0.2) is 4.39 Å². The minimum atomic E-state index is -0.283. The largest absolute Gasteiger partial charge is 0.488 e. The number of nitrogens with one attached hydrogen (secondary N) is 1. The lowest BCUT2D eigenvalue weighted by Gasteiger charge is -2.16. The summed E-state index contributed by atoms with van der Waals surface area (Å²) < 4.78 is 20.4. The lowest BCUT2D eigenvalue weighted by Crippen LogP contribution is -2.14. The first-order valence-electron chi connectivity index (χ1n) is 6.44. The first-order valence-corrected chi connectivity index (χ1v) is 7.52. The molecule has 2 nitrogen and oxygen atoms in total. The molecule has 0 aromatic heterocycles. The van der Waals surface area contributed by atoms with Gasteiger partial charge in [0.1, 0.15) is 18.2 Å². The van der Waals surface area contributed by atoms with Gasteiger partial charge < -0.3 is 10.1 Å². The first-order chi connectivity index (χ1) is 9.60. The second-order valence-corrected chi connectivity index (χ2v) is 5.85. The van der Waals surface area contributed by atoms with Crippen LogP contribution in [-0.2, 0) is 6.61 Å². The summed E-state index contributed by atoms with van der Waals surface area (Å²) >= 11 is 2.26. The molecule has 0 saturated carbocycles. The predicted octanol–water partition coefficient (Wildman–Crippen LogP) is 4.29. The number of rotatable bonds is 5. The third-order valence-electron chi connectivity index (χ3n) is 3.18. The standard InChI is InChI=1S/C16H17FINO/c1-11(19-2)15-8-5-13(17)9-16(15)20-10-12-3-6-14(18)7-4-12/h3-9,11,19H,10H2,1-2H3. The fourth-order valence-corrected chi connectivity index (χ4v) is 2.25. The molecule has 0 amide bonds. The lowest BCUT2D eigenvalue weighted by atomic mass is 10.1. The minimum absolute atomic E-state index is 0.113. The number of halogens is 2. The summed E-state index contributed by atoms with van der Waals surface area (Å²) in [6.45, 7) is 2.45. The molecule has 0 heterocycles. The normalized spacial score (nSPS) is 12.2. The Morgan fingerprint density at radius 2 is 1.90 bits per heavy atom. The third kappa shape index (κ3) is 3.93.